The average Bonchev–Trinajstić information content (AvgIpc) is 2.43. The third-order valence-electron chi connectivity index (χ3n) is 2.72. The molecule has 126 valence electrons. The fourth-order valence-electron chi connectivity index (χ4n) is 1.76. The first-order chi connectivity index (χ1) is 10.7. The van der Waals surface area contributed by atoms with Crippen LogP contribution in [-0.4, -0.2) is 35.4 Å². The second-order valence-corrected chi connectivity index (χ2v) is 5.98. The molecule has 0 aliphatic carbocycles. The maximum absolute atomic E-state index is 11.7. The molecular weight excluding hydrogens is 298 g/mol. The summed E-state index contributed by atoms with van der Waals surface area (Å²) in [7, 11) is 0. The van der Waals surface area contributed by atoms with Gasteiger partial charge < -0.3 is 19.9 Å². The molecule has 1 aromatic rings. The fraction of sp³-hybridized carbons (Fsp3) is 0.412. The van der Waals surface area contributed by atoms with Crippen molar-refractivity contribution in [3.05, 3.63) is 42.5 Å². The van der Waals surface area contributed by atoms with Crippen LogP contribution >= 0.6 is 0 Å². The number of alkyl carbamates (subject to hydrolysis) is 1. The van der Waals surface area contributed by atoms with Crippen LogP contribution < -0.4 is 10.1 Å². The lowest BCUT2D eigenvalue weighted by molar-refractivity contribution is -0.139. The van der Waals surface area contributed by atoms with Gasteiger partial charge >= 0.3 is 12.1 Å². The van der Waals surface area contributed by atoms with E-state index in [1.54, 1.807) is 51.1 Å². The van der Waals surface area contributed by atoms with Gasteiger partial charge in [-0.15, -0.1) is 0 Å². The Kier molecular flexibility index (Phi) is 6.63. The van der Waals surface area contributed by atoms with Crippen molar-refractivity contribution in [1.82, 2.24) is 5.32 Å². The molecule has 0 heterocycles. The topological polar surface area (TPSA) is 84.9 Å². The number of carbonyl (C=O) groups is 2. The van der Waals surface area contributed by atoms with Crippen molar-refractivity contribution in [2.75, 3.05) is 6.61 Å². The standard InChI is InChI=1S/C17H23NO5/c1-5-10-22-13-8-6-12(7-9-13)11-14(15(19)20)18-16(21)23-17(2,3)4/h5-9,14H,1,10-11H2,2-4H3,(H,18,21)(H,19,20). The van der Waals surface area contributed by atoms with Crippen molar-refractivity contribution in [3.63, 3.8) is 0 Å². The Morgan fingerprint density at radius 3 is 2.39 bits per heavy atom. The summed E-state index contributed by atoms with van der Waals surface area (Å²) in [6.07, 6.45) is 1.03. The van der Waals surface area contributed by atoms with Gasteiger partial charge in [-0.25, -0.2) is 9.59 Å². The number of hydrogen-bond donors (Lipinski definition) is 2. The van der Waals surface area contributed by atoms with E-state index in [0.717, 1.165) is 5.56 Å². The van der Waals surface area contributed by atoms with E-state index >= 15 is 0 Å². The van der Waals surface area contributed by atoms with Crippen LogP contribution in [0.2, 0.25) is 0 Å². The Bertz CT molecular complexity index is 545. The van der Waals surface area contributed by atoms with Crippen molar-refractivity contribution in [2.24, 2.45) is 0 Å². The number of rotatable bonds is 7. The van der Waals surface area contributed by atoms with Gasteiger partial charge in [0.05, 0.1) is 0 Å². The highest BCUT2D eigenvalue weighted by atomic mass is 16.6. The van der Waals surface area contributed by atoms with Crippen LogP contribution in [0.25, 0.3) is 0 Å². The molecule has 2 N–H and O–H groups in total. The lowest BCUT2D eigenvalue weighted by Gasteiger charge is -2.22. The Morgan fingerprint density at radius 1 is 1.30 bits per heavy atom. The summed E-state index contributed by atoms with van der Waals surface area (Å²) in [4.78, 5) is 23.0. The minimum atomic E-state index is -1.12. The number of ether oxygens (including phenoxy) is 2. The van der Waals surface area contributed by atoms with E-state index in [0.29, 0.717) is 12.4 Å². The molecule has 0 radical (unpaired) electrons. The lowest BCUT2D eigenvalue weighted by atomic mass is 10.1. The van der Waals surface area contributed by atoms with Crippen molar-refractivity contribution < 1.29 is 24.2 Å². The molecule has 0 aromatic heterocycles. The molecule has 1 amide bonds. The zero-order chi connectivity index (χ0) is 17.5. The predicted molar refractivity (Wildman–Crippen MR) is 86.6 cm³/mol. The SMILES string of the molecule is C=CCOc1ccc(CC(NC(=O)OC(C)(C)C)C(=O)O)cc1. The van der Waals surface area contributed by atoms with Gasteiger partial charge in [0.2, 0.25) is 0 Å². The maximum atomic E-state index is 11.7. The van der Waals surface area contributed by atoms with Crippen LogP contribution in [-0.2, 0) is 16.0 Å². The molecule has 1 aromatic carbocycles. The Morgan fingerprint density at radius 2 is 1.91 bits per heavy atom. The smallest absolute Gasteiger partial charge is 0.408 e. The monoisotopic (exact) mass is 321 g/mol. The normalized spacial score (nSPS) is 12.1. The lowest BCUT2D eigenvalue weighted by Crippen LogP contribution is -2.44. The summed E-state index contributed by atoms with van der Waals surface area (Å²) in [6, 6.07) is 5.93. The van der Waals surface area contributed by atoms with Gasteiger partial charge in [-0.05, 0) is 38.5 Å². The molecule has 1 unspecified atom stereocenters. The summed E-state index contributed by atoms with van der Waals surface area (Å²) in [5.41, 5.74) is 0.0801. The number of aliphatic carboxylic acids is 1. The Hall–Kier alpha value is -2.50. The van der Waals surface area contributed by atoms with Gasteiger partial charge in [0.1, 0.15) is 24.0 Å². The average molecular weight is 321 g/mol. The van der Waals surface area contributed by atoms with Gasteiger partial charge in [-0.1, -0.05) is 24.8 Å². The molecule has 0 saturated heterocycles. The quantitative estimate of drug-likeness (QED) is 0.754. The molecule has 0 saturated carbocycles. The zero-order valence-corrected chi connectivity index (χ0v) is 13.7. The summed E-state index contributed by atoms with van der Waals surface area (Å²) in [5.74, 6) is -0.455. The molecule has 0 fully saturated rings. The number of carbonyl (C=O) groups excluding carboxylic acids is 1. The highest BCUT2D eigenvalue weighted by molar-refractivity contribution is 5.80. The Labute approximate surface area is 136 Å². The highest BCUT2D eigenvalue weighted by Crippen LogP contribution is 2.14. The van der Waals surface area contributed by atoms with Crippen LogP contribution in [0.5, 0.6) is 5.75 Å². The van der Waals surface area contributed by atoms with E-state index in [4.69, 9.17) is 9.47 Å². The molecule has 0 spiro atoms. The van der Waals surface area contributed by atoms with Gasteiger partial charge in [-0.3, -0.25) is 0 Å². The molecule has 23 heavy (non-hydrogen) atoms. The van der Waals surface area contributed by atoms with Gasteiger partial charge in [0.15, 0.2) is 0 Å². The summed E-state index contributed by atoms with van der Waals surface area (Å²) < 4.78 is 10.4. The highest BCUT2D eigenvalue weighted by Gasteiger charge is 2.24. The number of nitrogens with one attached hydrogen (secondary N) is 1. The predicted octanol–water partition coefficient (Wildman–Crippen LogP) is 2.77. The first-order valence-electron chi connectivity index (χ1n) is 7.26. The second kappa shape index (κ2) is 8.22. The molecular formula is C17H23NO5. The third kappa shape index (κ3) is 7.35. The van der Waals surface area contributed by atoms with E-state index < -0.39 is 23.7 Å². The maximum Gasteiger partial charge on any atom is 0.408 e. The molecule has 0 aliphatic heterocycles. The van der Waals surface area contributed by atoms with Crippen molar-refractivity contribution in [1.29, 1.82) is 0 Å². The summed E-state index contributed by atoms with van der Waals surface area (Å²) in [5, 5.41) is 11.6. The third-order valence-corrected chi connectivity index (χ3v) is 2.72. The fourth-order valence-corrected chi connectivity index (χ4v) is 1.76. The van der Waals surface area contributed by atoms with Gasteiger partial charge in [-0.2, -0.15) is 0 Å². The molecule has 1 atom stereocenters. The van der Waals surface area contributed by atoms with Crippen LogP contribution in [0.15, 0.2) is 36.9 Å². The van der Waals surface area contributed by atoms with Crippen LogP contribution in [0, 0.1) is 0 Å². The number of carboxylic acid groups (broad SMARTS) is 1. The summed E-state index contributed by atoms with van der Waals surface area (Å²) in [6.45, 7) is 9.10. The Balaban J connectivity index is 2.67. The molecule has 1 rings (SSSR count). The molecule has 0 bridgehead atoms. The van der Waals surface area contributed by atoms with E-state index in [1.807, 2.05) is 0 Å². The molecule has 0 aliphatic rings. The van der Waals surface area contributed by atoms with E-state index in [2.05, 4.69) is 11.9 Å². The van der Waals surface area contributed by atoms with E-state index in [1.165, 1.54) is 0 Å². The van der Waals surface area contributed by atoms with Crippen molar-refractivity contribution in [2.45, 2.75) is 38.8 Å². The van der Waals surface area contributed by atoms with E-state index in [9.17, 15) is 14.7 Å². The second-order valence-electron chi connectivity index (χ2n) is 5.98. The van der Waals surface area contributed by atoms with Crippen molar-refractivity contribution >= 4 is 12.1 Å². The van der Waals surface area contributed by atoms with Crippen LogP contribution in [0.1, 0.15) is 26.3 Å². The molecule has 6 nitrogen and oxygen atoms in total. The number of amides is 1. The van der Waals surface area contributed by atoms with Crippen LogP contribution in [0.3, 0.4) is 0 Å². The largest absolute Gasteiger partial charge is 0.490 e. The van der Waals surface area contributed by atoms with Gasteiger partial charge in [0.25, 0.3) is 0 Å². The van der Waals surface area contributed by atoms with Crippen LogP contribution in [0.4, 0.5) is 4.79 Å². The first kappa shape index (κ1) is 18.5. The first-order valence-corrected chi connectivity index (χ1v) is 7.26. The molecule has 6 heteroatoms. The zero-order valence-electron chi connectivity index (χ0n) is 13.7. The number of hydrogen-bond acceptors (Lipinski definition) is 4. The number of carboxylic acids is 1. The number of benzene rings is 1. The van der Waals surface area contributed by atoms with Gasteiger partial charge in [0, 0.05) is 6.42 Å². The van der Waals surface area contributed by atoms with E-state index in [-0.39, 0.29) is 6.42 Å². The minimum absolute atomic E-state index is 0.149. The summed E-state index contributed by atoms with van der Waals surface area (Å²) >= 11 is 0. The minimum Gasteiger partial charge on any atom is -0.490 e. The van der Waals surface area contributed by atoms with Crippen molar-refractivity contribution in [3.8, 4) is 5.75 Å².